The summed E-state index contributed by atoms with van der Waals surface area (Å²) in [7, 11) is 0. The quantitative estimate of drug-likeness (QED) is 0.622. The zero-order valence-corrected chi connectivity index (χ0v) is 16.4. The van der Waals surface area contributed by atoms with E-state index in [1.165, 1.54) is 5.56 Å². The molecule has 1 aromatic heterocycles. The van der Waals surface area contributed by atoms with Crippen molar-refractivity contribution >= 4 is 5.91 Å². The van der Waals surface area contributed by atoms with Gasteiger partial charge in [0.2, 0.25) is 5.91 Å². The lowest BCUT2D eigenvalue weighted by Crippen LogP contribution is -2.37. The Morgan fingerprint density at radius 2 is 1.64 bits per heavy atom. The van der Waals surface area contributed by atoms with Crippen molar-refractivity contribution in [2.75, 3.05) is 6.54 Å². The molecule has 2 aromatic carbocycles. The molecule has 4 heteroatoms. The van der Waals surface area contributed by atoms with Crippen molar-refractivity contribution in [3.63, 3.8) is 0 Å². The van der Waals surface area contributed by atoms with Gasteiger partial charge in [0.15, 0.2) is 0 Å². The van der Waals surface area contributed by atoms with Gasteiger partial charge in [0.1, 0.15) is 0 Å². The van der Waals surface area contributed by atoms with Crippen molar-refractivity contribution in [1.82, 2.24) is 15.6 Å². The summed E-state index contributed by atoms with van der Waals surface area (Å²) < 4.78 is 0. The van der Waals surface area contributed by atoms with Gasteiger partial charge in [-0.05, 0) is 42.2 Å². The molecule has 28 heavy (non-hydrogen) atoms. The largest absolute Gasteiger partial charge is 0.348 e. The molecule has 0 saturated heterocycles. The first-order valence-electron chi connectivity index (χ1n) is 9.75. The van der Waals surface area contributed by atoms with Crippen LogP contribution in [-0.4, -0.2) is 17.4 Å². The first-order valence-corrected chi connectivity index (χ1v) is 9.75. The molecule has 2 N–H and O–H groups in total. The Morgan fingerprint density at radius 3 is 2.29 bits per heavy atom. The number of aromatic nitrogens is 1. The predicted octanol–water partition coefficient (Wildman–Crippen LogP) is 4.20. The van der Waals surface area contributed by atoms with E-state index in [0.717, 1.165) is 23.2 Å². The van der Waals surface area contributed by atoms with Crippen LogP contribution >= 0.6 is 0 Å². The maximum Gasteiger partial charge on any atom is 0.234 e. The first kappa shape index (κ1) is 19.8. The van der Waals surface area contributed by atoms with Crippen LogP contribution in [0.25, 0.3) is 0 Å². The van der Waals surface area contributed by atoms with E-state index in [-0.39, 0.29) is 24.5 Å². The Balaban J connectivity index is 1.63. The first-order chi connectivity index (χ1) is 13.7. The molecule has 2 atom stereocenters. The normalized spacial score (nSPS) is 12.9. The number of hydrogen-bond acceptors (Lipinski definition) is 3. The van der Waals surface area contributed by atoms with Crippen LogP contribution in [0.15, 0.2) is 79.0 Å². The van der Waals surface area contributed by atoms with Crippen LogP contribution in [0.2, 0.25) is 0 Å². The number of amides is 1. The third-order valence-electron chi connectivity index (χ3n) is 4.85. The number of hydrogen-bond donors (Lipinski definition) is 2. The molecular formula is C24H27N3O. The highest BCUT2D eigenvalue weighted by Gasteiger charge is 2.17. The molecule has 4 nitrogen and oxygen atoms in total. The van der Waals surface area contributed by atoms with Crippen molar-refractivity contribution < 1.29 is 4.79 Å². The van der Waals surface area contributed by atoms with E-state index in [0.29, 0.717) is 0 Å². The maximum atomic E-state index is 12.5. The lowest BCUT2D eigenvalue weighted by molar-refractivity contribution is -0.121. The molecule has 3 rings (SSSR count). The summed E-state index contributed by atoms with van der Waals surface area (Å²) in [4.78, 5) is 17.0. The molecule has 0 radical (unpaired) electrons. The maximum absolute atomic E-state index is 12.5. The Hall–Kier alpha value is -2.98. The fourth-order valence-corrected chi connectivity index (χ4v) is 3.20. The summed E-state index contributed by atoms with van der Waals surface area (Å²) in [6.45, 7) is 4.36. The van der Waals surface area contributed by atoms with E-state index in [9.17, 15) is 4.79 Å². The topological polar surface area (TPSA) is 54.0 Å². The van der Waals surface area contributed by atoms with Crippen molar-refractivity contribution in [3.8, 4) is 0 Å². The summed E-state index contributed by atoms with van der Waals surface area (Å²) >= 11 is 0. The van der Waals surface area contributed by atoms with Crippen LogP contribution in [0.3, 0.4) is 0 Å². The minimum Gasteiger partial charge on any atom is -0.348 e. The smallest absolute Gasteiger partial charge is 0.234 e. The number of aryl methyl sites for hydroxylation is 1. The highest BCUT2D eigenvalue weighted by atomic mass is 16.1. The number of nitrogens with zero attached hydrogens (tertiary/aromatic N) is 1. The standard InChI is InChI=1S/C24H27N3O/c1-3-19-12-14-20(15-13-19)18(2)27-23(28)17-26-24(21-9-5-4-6-10-21)22-11-7-8-16-25-22/h4-16,18,24,26H,3,17H2,1-2H3,(H,27,28)/t18-,24+/m1/s1. The Morgan fingerprint density at radius 1 is 0.929 bits per heavy atom. The van der Waals surface area contributed by atoms with Crippen molar-refractivity contribution in [3.05, 3.63) is 101 Å². The molecule has 0 fully saturated rings. The third kappa shape index (κ3) is 5.27. The summed E-state index contributed by atoms with van der Waals surface area (Å²) in [5.74, 6) is -0.0380. The lowest BCUT2D eigenvalue weighted by Gasteiger charge is -2.20. The van der Waals surface area contributed by atoms with Crippen LogP contribution in [-0.2, 0) is 11.2 Å². The monoisotopic (exact) mass is 373 g/mol. The van der Waals surface area contributed by atoms with Gasteiger partial charge in [-0.15, -0.1) is 0 Å². The van der Waals surface area contributed by atoms with Crippen LogP contribution < -0.4 is 10.6 Å². The van der Waals surface area contributed by atoms with Gasteiger partial charge in [0.25, 0.3) is 0 Å². The molecule has 0 saturated carbocycles. The number of carbonyl (C=O) groups is 1. The molecule has 144 valence electrons. The zero-order chi connectivity index (χ0) is 19.8. The van der Waals surface area contributed by atoms with Gasteiger partial charge in [0.05, 0.1) is 24.3 Å². The number of carbonyl (C=O) groups excluding carboxylic acids is 1. The molecule has 0 aliphatic carbocycles. The van der Waals surface area contributed by atoms with Crippen LogP contribution in [0, 0.1) is 0 Å². The second-order valence-electron chi connectivity index (χ2n) is 6.86. The number of nitrogens with one attached hydrogen (secondary N) is 2. The van der Waals surface area contributed by atoms with Gasteiger partial charge in [0, 0.05) is 6.20 Å². The summed E-state index contributed by atoms with van der Waals surface area (Å²) in [6.07, 6.45) is 2.79. The minimum absolute atomic E-state index is 0.0368. The van der Waals surface area contributed by atoms with Gasteiger partial charge < -0.3 is 5.32 Å². The fourth-order valence-electron chi connectivity index (χ4n) is 3.20. The van der Waals surface area contributed by atoms with E-state index in [1.54, 1.807) is 6.20 Å². The van der Waals surface area contributed by atoms with E-state index in [1.807, 2.05) is 55.5 Å². The van der Waals surface area contributed by atoms with Gasteiger partial charge in [-0.1, -0.05) is 67.6 Å². The Labute approximate surface area is 167 Å². The van der Waals surface area contributed by atoms with E-state index >= 15 is 0 Å². The lowest BCUT2D eigenvalue weighted by atomic mass is 10.0. The molecular weight excluding hydrogens is 346 g/mol. The SMILES string of the molecule is CCc1ccc([C@@H](C)NC(=O)CN[C@@H](c2ccccc2)c2ccccn2)cc1. The van der Waals surface area contributed by atoms with E-state index in [2.05, 4.69) is 46.8 Å². The predicted molar refractivity (Wildman–Crippen MR) is 113 cm³/mol. The molecule has 1 heterocycles. The number of rotatable bonds is 8. The van der Waals surface area contributed by atoms with Crippen molar-refractivity contribution in [2.45, 2.75) is 32.4 Å². The average molecular weight is 374 g/mol. The molecule has 0 unspecified atom stereocenters. The van der Waals surface area contributed by atoms with E-state index in [4.69, 9.17) is 0 Å². The molecule has 0 aliphatic rings. The molecule has 1 amide bonds. The van der Waals surface area contributed by atoms with Gasteiger partial charge >= 0.3 is 0 Å². The van der Waals surface area contributed by atoms with Crippen LogP contribution in [0.5, 0.6) is 0 Å². The van der Waals surface area contributed by atoms with Crippen molar-refractivity contribution in [1.29, 1.82) is 0 Å². The van der Waals surface area contributed by atoms with E-state index < -0.39 is 0 Å². The van der Waals surface area contributed by atoms with Gasteiger partial charge in [-0.25, -0.2) is 0 Å². The summed E-state index contributed by atoms with van der Waals surface area (Å²) in [5.41, 5.74) is 4.38. The fraction of sp³-hybridized carbons (Fsp3) is 0.250. The van der Waals surface area contributed by atoms with Crippen LogP contribution in [0.4, 0.5) is 0 Å². The average Bonchev–Trinajstić information content (AvgIpc) is 2.75. The third-order valence-corrected chi connectivity index (χ3v) is 4.85. The molecule has 0 aliphatic heterocycles. The molecule has 0 bridgehead atoms. The minimum atomic E-state index is -0.132. The summed E-state index contributed by atoms with van der Waals surface area (Å²) in [6, 6.07) is 24.1. The number of pyridine rings is 1. The highest BCUT2D eigenvalue weighted by Crippen LogP contribution is 2.19. The number of benzene rings is 2. The zero-order valence-electron chi connectivity index (χ0n) is 16.4. The second kappa shape index (κ2) is 9.81. The van der Waals surface area contributed by atoms with Crippen LogP contribution in [0.1, 0.15) is 48.3 Å². The summed E-state index contributed by atoms with van der Waals surface area (Å²) in [5, 5.41) is 6.42. The van der Waals surface area contributed by atoms with Gasteiger partial charge in [-0.3, -0.25) is 15.1 Å². The van der Waals surface area contributed by atoms with Gasteiger partial charge in [-0.2, -0.15) is 0 Å². The Bertz CT molecular complexity index is 824. The Kier molecular flexibility index (Phi) is 6.93. The molecule has 3 aromatic rings. The second-order valence-corrected chi connectivity index (χ2v) is 6.86. The molecule has 0 spiro atoms. The highest BCUT2D eigenvalue weighted by molar-refractivity contribution is 5.78. The van der Waals surface area contributed by atoms with Crippen molar-refractivity contribution in [2.24, 2.45) is 0 Å².